The maximum Gasteiger partial charge on any atom is 0.472 e. The first-order valence-corrected chi connectivity index (χ1v) is 39.7. The van der Waals surface area contributed by atoms with Gasteiger partial charge in [0.25, 0.3) is 0 Å². The summed E-state index contributed by atoms with van der Waals surface area (Å²) < 4.78 is 68.2. The Kier molecular flexibility index (Phi) is 66.3. The van der Waals surface area contributed by atoms with Crippen LogP contribution in [0.3, 0.4) is 0 Å². The maximum atomic E-state index is 13.1. The molecule has 98 heavy (non-hydrogen) atoms. The number of rotatable bonds is 67. The van der Waals surface area contributed by atoms with E-state index in [9.17, 15) is 43.2 Å². The van der Waals surface area contributed by atoms with Crippen LogP contribution in [0.1, 0.15) is 259 Å². The van der Waals surface area contributed by atoms with Gasteiger partial charge in [-0.2, -0.15) is 0 Å². The summed E-state index contributed by atoms with van der Waals surface area (Å²) in [5, 5.41) is 10.6. The van der Waals surface area contributed by atoms with Crippen LogP contribution < -0.4 is 0 Å². The molecule has 0 aromatic carbocycles. The van der Waals surface area contributed by atoms with Crippen molar-refractivity contribution in [3.8, 4) is 0 Å². The Morgan fingerprint density at radius 2 is 0.541 bits per heavy atom. The summed E-state index contributed by atoms with van der Waals surface area (Å²) in [6, 6.07) is 0. The highest BCUT2D eigenvalue weighted by atomic mass is 31.2. The van der Waals surface area contributed by atoms with Crippen LogP contribution in [-0.2, 0) is 65.4 Å². The normalized spacial score (nSPS) is 14.9. The quantitative estimate of drug-likeness (QED) is 0.0169. The molecule has 0 radical (unpaired) electrons. The molecular formula is C79H128O17P2. The van der Waals surface area contributed by atoms with Gasteiger partial charge in [-0.15, -0.1) is 0 Å². The molecule has 19 heteroatoms. The third kappa shape index (κ3) is 69.2. The van der Waals surface area contributed by atoms with Crippen molar-refractivity contribution in [2.24, 2.45) is 0 Å². The number of hydrogen-bond donors (Lipinski definition) is 3. The van der Waals surface area contributed by atoms with Gasteiger partial charge >= 0.3 is 39.5 Å². The van der Waals surface area contributed by atoms with E-state index >= 15 is 0 Å². The summed E-state index contributed by atoms with van der Waals surface area (Å²) in [5.74, 6) is -2.35. The van der Waals surface area contributed by atoms with E-state index in [-0.39, 0.29) is 25.7 Å². The van der Waals surface area contributed by atoms with E-state index in [0.717, 1.165) is 128 Å². The number of allylic oxidation sites excluding steroid dienone is 26. The zero-order valence-electron chi connectivity index (χ0n) is 60.4. The summed E-state index contributed by atoms with van der Waals surface area (Å²) in [4.78, 5) is 72.7. The summed E-state index contributed by atoms with van der Waals surface area (Å²) >= 11 is 0. The highest BCUT2D eigenvalue weighted by Gasteiger charge is 2.30. The van der Waals surface area contributed by atoms with Gasteiger partial charge in [-0.25, -0.2) is 9.13 Å². The predicted molar refractivity (Wildman–Crippen MR) is 399 cm³/mol. The lowest BCUT2D eigenvalue weighted by Crippen LogP contribution is -2.30. The van der Waals surface area contributed by atoms with Crippen LogP contribution in [0.25, 0.3) is 0 Å². The molecule has 0 bridgehead atoms. The summed E-state index contributed by atoms with van der Waals surface area (Å²) in [7, 11) is -9.99. The van der Waals surface area contributed by atoms with Gasteiger partial charge in [0.05, 0.1) is 26.4 Å². The standard InChI is InChI=1S/C79H128O17P2/c1-5-9-13-17-21-25-29-32-35-36-39-41-45-48-52-56-60-64-77(82)90-70-75(96-79(84)66-62-58-54-50-46-42-38-34-31-27-23-19-15-11-7-3)72-94-98(87,88)92-68-73(80)67-91-97(85,86)93-71-74(95-78(83)65-61-57-53-49-43-28-24-20-16-12-8-4)69-89-76(81)63-59-55-51-47-44-40-37-33-30-26-22-18-14-10-6-2/h9-11,13-15,21-23,25-27,32-35,37-39,41,44,46-48,50,52,73-75,80H,5-8,12,16-20,24,28-31,36,40,42-43,45,49,51,53-72H2,1-4H3,(H,85,86)(H,87,88)/b13-9-,14-10-,15-11-,25-21-,26-22-,27-23-,35-32-,37-33-,38-34-,41-39-,47-44-,50-46-,52-48-. The van der Waals surface area contributed by atoms with Crippen molar-refractivity contribution in [1.29, 1.82) is 0 Å². The Labute approximate surface area is 591 Å². The molecule has 17 nitrogen and oxygen atoms in total. The van der Waals surface area contributed by atoms with Crippen LogP contribution in [0.15, 0.2) is 158 Å². The second-order valence-corrected chi connectivity index (χ2v) is 26.7. The minimum absolute atomic E-state index is 0.0243. The van der Waals surface area contributed by atoms with E-state index in [1.807, 2.05) is 18.2 Å². The molecule has 5 atom stereocenters. The number of carbonyl (C=O) groups is 4. The lowest BCUT2D eigenvalue weighted by Gasteiger charge is -2.21. The number of ether oxygens (including phenoxy) is 4. The SMILES string of the molecule is CC/C=C\C/C=C\C/C=C\C/C=C\C/C=C\CCCC(=O)OCC(COP(=O)(O)OCC(O)COP(=O)(O)OCC(COC(=O)CCCC/C=C\C/C=C\C/C=C\C/C=C\CC)OC(=O)CCCCCCCCCCCCC)OC(=O)CCCC/C=C\C/C=C\C/C=C\C/C=C\CC. The van der Waals surface area contributed by atoms with Gasteiger partial charge in [-0.05, 0) is 141 Å². The molecule has 3 N–H and O–H groups in total. The Bertz CT molecular complexity index is 2480. The molecule has 0 aromatic rings. The molecule has 0 aliphatic heterocycles. The van der Waals surface area contributed by atoms with Crippen LogP contribution in [0.2, 0.25) is 0 Å². The molecule has 556 valence electrons. The van der Waals surface area contributed by atoms with Crippen molar-refractivity contribution in [2.45, 2.75) is 277 Å². The Hall–Kier alpha value is -5.32. The lowest BCUT2D eigenvalue weighted by molar-refractivity contribution is -0.161. The molecule has 0 aliphatic carbocycles. The minimum Gasteiger partial charge on any atom is -0.462 e. The molecule has 0 heterocycles. The van der Waals surface area contributed by atoms with E-state index in [4.69, 9.17) is 37.0 Å². The number of aliphatic hydroxyl groups is 1. The average Bonchev–Trinajstić information content (AvgIpc) is 0.986. The molecule has 0 spiro atoms. The molecule has 0 saturated carbocycles. The van der Waals surface area contributed by atoms with Crippen LogP contribution in [-0.4, -0.2) is 96.7 Å². The Morgan fingerprint density at radius 3 is 0.857 bits per heavy atom. The Morgan fingerprint density at radius 1 is 0.296 bits per heavy atom. The molecule has 0 fully saturated rings. The van der Waals surface area contributed by atoms with Gasteiger partial charge in [0, 0.05) is 25.7 Å². The number of phosphoric acid groups is 2. The van der Waals surface area contributed by atoms with E-state index < -0.39 is 97.5 Å². The fourth-order valence-corrected chi connectivity index (χ4v) is 10.6. The van der Waals surface area contributed by atoms with Crippen LogP contribution in [0.5, 0.6) is 0 Å². The van der Waals surface area contributed by atoms with Crippen molar-refractivity contribution < 1.29 is 80.2 Å². The molecule has 0 saturated heterocycles. The zero-order chi connectivity index (χ0) is 71.8. The molecular weight excluding hydrogens is 1280 g/mol. The average molecular weight is 1410 g/mol. The number of esters is 4. The molecule has 0 aliphatic rings. The van der Waals surface area contributed by atoms with Gasteiger partial charge in [0.1, 0.15) is 19.3 Å². The summed E-state index contributed by atoms with van der Waals surface area (Å²) in [6.45, 7) is 4.32. The first kappa shape index (κ1) is 92.7. The van der Waals surface area contributed by atoms with Crippen molar-refractivity contribution in [3.05, 3.63) is 158 Å². The predicted octanol–water partition coefficient (Wildman–Crippen LogP) is 20.9. The van der Waals surface area contributed by atoms with Gasteiger partial charge < -0.3 is 33.8 Å². The van der Waals surface area contributed by atoms with E-state index in [1.54, 1.807) is 0 Å². The van der Waals surface area contributed by atoms with Crippen LogP contribution >= 0.6 is 15.6 Å². The fraction of sp³-hybridized carbons (Fsp3) is 0.620. The molecule has 0 amide bonds. The van der Waals surface area contributed by atoms with Crippen molar-refractivity contribution in [1.82, 2.24) is 0 Å². The van der Waals surface area contributed by atoms with Crippen molar-refractivity contribution in [2.75, 3.05) is 39.6 Å². The number of unbranched alkanes of at least 4 members (excludes halogenated alkanes) is 15. The molecule has 0 aromatic heterocycles. The van der Waals surface area contributed by atoms with Crippen LogP contribution in [0, 0.1) is 0 Å². The summed E-state index contributed by atoms with van der Waals surface area (Å²) in [6.07, 6.45) is 79.8. The van der Waals surface area contributed by atoms with E-state index in [1.165, 1.54) is 38.5 Å². The topological polar surface area (TPSA) is 237 Å². The zero-order valence-corrected chi connectivity index (χ0v) is 62.2. The highest BCUT2D eigenvalue weighted by molar-refractivity contribution is 7.47. The maximum absolute atomic E-state index is 13.1. The minimum atomic E-state index is -5.00. The third-order valence-corrected chi connectivity index (χ3v) is 16.4. The second-order valence-electron chi connectivity index (χ2n) is 23.7. The first-order chi connectivity index (χ1) is 47.7. The smallest absolute Gasteiger partial charge is 0.462 e. The molecule has 5 unspecified atom stereocenters. The van der Waals surface area contributed by atoms with E-state index in [0.29, 0.717) is 38.5 Å². The number of aliphatic hydroxyl groups excluding tert-OH is 1. The fourth-order valence-electron chi connectivity index (χ4n) is 9.00. The molecule has 0 rings (SSSR count). The van der Waals surface area contributed by atoms with E-state index in [2.05, 4.69) is 167 Å². The number of hydrogen-bond acceptors (Lipinski definition) is 15. The first-order valence-electron chi connectivity index (χ1n) is 36.7. The lowest BCUT2D eigenvalue weighted by atomic mass is 10.1. The highest BCUT2D eigenvalue weighted by Crippen LogP contribution is 2.45. The second kappa shape index (κ2) is 70.1. The number of carbonyl (C=O) groups excluding carboxylic acids is 4. The van der Waals surface area contributed by atoms with Gasteiger partial charge in [0.15, 0.2) is 12.2 Å². The number of phosphoric ester groups is 2. The van der Waals surface area contributed by atoms with Gasteiger partial charge in [0.2, 0.25) is 0 Å². The summed E-state index contributed by atoms with van der Waals surface area (Å²) in [5.41, 5.74) is 0. The van der Waals surface area contributed by atoms with Gasteiger partial charge in [-0.3, -0.25) is 37.3 Å². The Balaban J connectivity index is 5.46. The van der Waals surface area contributed by atoms with Crippen molar-refractivity contribution >= 4 is 39.5 Å². The van der Waals surface area contributed by atoms with Gasteiger partial charge in [-0.1, -0.05) is 250 Å². The largest absolute Gasteiger partial charge is 0.472 e. The van der Waals surface area contributed by atoms with Crippen LogP contribution in [0.4, 0.5) is 0 Å². The van der Waals surface area contributed by atoms with Crippen molar-refractivity contribution in [3.63, 3.8) is 0 Å². The monoisotopic (exact) mass is 1410 g/mol. The third-order valence-electron chi connectivity index (χ3n) is 14.5.